The van der Waals surface area contributed by atoms with E-state index in [1.807, 2.05) is 13.8 Å². The van der Waals surface area contributed by atoms with Gasteiger partial charge < -0.3 is 19.5 Å². The van der Waals surface area contributed by atoms with E-state index in [0.29, 0.717) is 56.1 Å². The number of ether oxygens (including phenoxy) is 3. The minimum Gasteiger partial charge on any atom is -0.479 e. The van der Waals surface area contributed by atoms with Gasteiger partial charge in [-0.2, -0.15) is 0 Å². The van der Waals surface area contributed by atoms with E-state index < -0.39 is 6.10 Å². The number of rotatable bonds is 16. The van der Waals surface area contributed by atoms with Gasteiger partial charge in [0.25, 0.3) is 0 Å². The fourth-order valence-corrected chi connectivity index (χ4v) is 3.32. The van der Waals surface area contributed by atoms with Crippen LogP contribution in [-0.4, -0.2) is 43.0 Å². The SMILES string of the molecule is CCCC(Oc1ccc(OC(=O)C(CC)CCCC(CCl)NC=O)cc1)C(=O)OCC. The molecule has 0 fully saturated rings. The maximum absolute atomic E-state index is 12.5. The van der Waals surface area contributed by atoms with Crippen molar-refractivity contribution in [2.24, 2.45) is 5.92 Å². The highest BCUT2D eigenvalue weighted by atomic mass is 35.5. The first kappa shape index (κ1) is 26.8. The quantitative estimate of drug-likeness (QED) is 0.173. The summed E-state index contributed by atoms with van der Waals surface area (Å²) >= 11 is 5.81. The zero-order valence-electron chi connectivity index (χ0n) is 18.6. The number of amides is 1. The van der Waals surface area contributed by atoms with Crippen LogP contribution in [-0.2, 0) is 19.1 Å². The average Bonchev–Trinajstić information content (AvgIpc) is 2.77. The second-order valence-electron chi connectivity index (χ2n) is 7.21. The standard InChI is InChI=1S/C23H34ClNO6/c1-4-8-21(23(28)29-6-3)30-19-11-13-20(14-12-19)31-22(27)17(5-2)9-7-10-18(15-24)25-16-26/h11-14,16-18,21H,4-10,15H2,1-3H3,(H,25,26). The molecule has 0 aliphatic rings. The fourth-order valence-electron chi connectivity index (χ4n) is 3.07. The van der Waals surface area contributed by atoms with E-state index in [0.717, 1.165) is 12.8 Å². The Kier molecular flexibility index (Phi) is 13.4. The van der Waals surface area contributed by atoms with Crippen LogP contribution >= 0.6 is 11.6 Å². The number of hydrogen-bond donors (Lipinski definition) is 1. The van der Waals surface area contributed by atoms with E-state index >= 15 is 0 Å². The van der Waals surface area contributed by atoms with Gasteiger partial charge in [-0.25, -0.2) is 4.79 Å². The van der Waals surface area contributed by atoms with E-state index in [4.69, 9.17) is 25.8 Å². The fraction of sp³-hybridized carbons (Fsp3) is 0.609. The Morgan fingerprint density at radius 1 is 1.03 bits per heavy atom. The number of carbonyl (C=O) groups excluding carboxylic acids is 3. The molecule has 1 aromatic carbocycles. The van der Waals surface area contributed by atoms with Gasteiger partial charge in [0.2, 0.25) is 6.41 Å². The molecule has 0 spiro atoms. The van der Waals surface area contributed by atoms with Crippen molar-refractivity contribution in [1.82, 2.24) is 5.32 Å². The highest BCUT2D eigenvalue weighted by molar-refractivity contribution is 6.18. The molecule has 7 nitrogen and oxygen atoms in total. The van der Waals surface area contributed by atoms with Crippen molar-refractivity contribution in [1.29, 1.82) is 0 Å². The van der Waals surface area contributed by atoms with Gasteiger partial charge >= 0.3 is 11.9 Å². The van der Waals surface area contributed by atoms with Crippen LogP contribution < -0.4 is 14.8 Å². The predicted octanol–water partition coefficient (Wildman–Crippen LogP) is 4.25. The summed E-state index contributed by atoms with van der Waals surface area (Å²) in [7, 11) is 0. The monoisotopic (exact) mass is 455 g/mol. The van der Waals surface area contributed by atoms with Crippen molar-refractivity contribution in [2.75, 3.05) is 12.5 Å². The number of carbonyl (C=O) groups is 3. The Bertz CT molecular complexity index is 667. The smallest absolute Gasteiger partial charge is 0.347 e. The molecular formula is C23H34ClNO6. The molecular weight excluding hydrogens is 422 g/mol. The van der Waals surface area contributed by atoms with Gasteiger partial charge in [0, 0.05) is 11.9 Å². The first-order valence-corrected chi connectivity index (χ1v) is 11.4. The molecule has 1 amide bonds. The van der Waals surface area contributed by atoms with E-state index in [-0.39, 0.29) is 23.9 Å². The Labute approximate surface area is 189 Å². The summed E-state index contributed by atoms with van der Waals surface area (Å²) in [5.41, 5.74) is 0. The summed E-state index contributed by atoms with van der Waals surface area (Å²) < 4.78 is 16.3. The lowest BCUT2D eigenvalue weighted by Gasteiger charge is -2.18. The van der Waals surface area contributed by atoms with Crippen molar-refractivity contribution in [2.45, 2.75) is 71.4 Å². The van der Waals surface area contributed by atoms with Gasteiger partial charge in [-0.05, 0) is 56.9 Å². The van der Waals surface area contributed by atoms with E-state index in [2.05, 4.69) is 5.32 Å². The van der Waals surface area contributed by atoms with Crippen LogP contribution in [0.2, 0.25) is 0 Å². The lowest BCUT2D eigenvalue weighted by atomic mass is 9.98. The van der Waals surface area contributed by atoms with Crippen LogP contribution in [0.4, 0.5) is 0 Å². The van der Waals surface area contributed by atoms with Crippen LogP contribution in [0.1, 0.15) is 59.3 Å². The number of alkyl halides is 1. The highest BCUT2D eigenvalue weighted by Gasteiger charge is 2.22. The molecule has 31 heavy (non-hydrogen) atoms. The molecule has 0 heterocycles. The number of benzene rings is 1. The topological polar surface area (TPSA) is 90.9 Å². The summed E-state index contributed by atoms with van der Waals surface area (Å²) in [6.45, 7) is 5.97. The van der Waals surface area contributed by atoms with E-state index in [1.54, 1.807) is 31.2 Å². The first-order chi connectivity index (χ1) is 15.0. The minimum absolute atomic E-state index is 0.0913. The third-order valence-electron chi connectivity index (χ3n) is 4.84. The zero-order chi connectivity index (χ0) is 23.1. The van der Waals surface area contributed by atoms with Gasteiger partial charge in [-0.1, -0.05) is 26.7 Å². The molecule has 0 saturated carbocycles. The normalized spacial score (nSPS) is 13.5. The number of hydrogen-bond acceptors (Lipinski definition) is 6. The number of esters is 2. The van der Waals surface area contributed by atoms with Crippen molar-refractivity contribution >= 4 is 29.9 Å². The van der Waals surface area contributed by atoms with Gasteiger partial charge in [-0.15, -0.1) is 11.6 Å². The third-order valence-corrected chi connectivity index (χ3v) is 5.21. The van der Waals surface area contributed by atoms with Gasteiger partial charge in [0.1, 0.15) is 11.5 Å². The molecule has 1 N–H and O–H groups in total. The third kappa shape index (κ3) is 10.0. The number of nitrogens with one attached hydrogen (secondary N) is 1. The van der Waals surface area contributed by atoms with Crippen LogP contribution in [0.5, 0.6) is 11.5 Å². The van der Waals surface area contributed by atoms with Crippen LogP contribution in [0, 0.1) is 5.92 Å². The lowest BCUT2D eigenvalue weighted by molar-refractivity contribution is -0.151. The molecule has 174 valence electrons. The maximum atomic E-state index is 12.5. The average molecular weight is 456 g/mol. The summed E-state index contributed by atoms with van der Waals surface area (Å²) in [6, 6.07) is 6.53. The molecule has 0 radical (unpaired) electrons. The molecule has 0 aliphatic carbocycles. The maximum Gasteiger partial charge on any atom is 0.347 e. The number of halogens is 1. The lowest BCUT2D eigenvalue weighted by Crippen LogP contribution is -2.29. The summed E-state index contributed by atoms with van der Waals surface area (Å²) in [4.78, 5) is 35.0. The van der Waals surface area contributed by atoms with Crippen molar-refractivity contribution < 1.29 is 28.6 Å². The van der Waals surface area contributed by atoms with Crippen molar-refractivity contribution in [3.05, 3.63) is 24.3 Å². The second-order valence-corrected chi connectivity index (χ2v) is 7.52. The summed E-state index contributed by atoms with van der Waals surface area (Å²) in [5.74, 6) is 0.348. The van der Waals surface area contributed by atoms with Crippen LogP contribution in [0.15, 0.2) is 24.3 Å². The molecule has 0 aliphatic heterocycles. The Balaban J connectivity index is 2.60. The molecule has 0 saturated heterocycles. The van der Waals surface area contributed by atoms with Crippen LogP contribution in [0.3, 0.4) is 0 Å². The van der Waals surface area contributed by atoms with E-state index in [1.165, 1.54) is 0 Å². The highest BCUT2D eigenvalue weighted by Crippen LogP contribution is 2.23. The Hall–Kier alpha value is -2.28. The molecule has 3 unspecified atom stereocenters. The molecule has 1 aromatic rings. The van der Waals surface area contributed by atoms with Gasteiger partial charge in [-0.3, -0.25) is 9.59 Å². The predicted molar refractivity (Wildman–Crippen MR) is 119 cm³/mol. The van der Waals surface area contributed by atoms with Crippen molar-refractivity contribution in [3.63, 3.8) is 0 Å². The van der Waals surface area contributed by atoms with Crippen LogP contribution in [0.25, 0.3) is 0 Å². The molecule has 1 rings (SSSR count). The Morgan fingerprint density at radius 2 is 1.71 bits per heavy atom. The zero-order valence-corrected chi connectivity index (χ0v) is 19.4. The molecule has 3 atom stereocenters. The van der Waals surface area contributed by atoms with Gasteiger partial charge in [0.05, 0.1) is 12.5 Å². The van der Waals surface area contributed by atoms with E-state index in [9.17, 15) is 14.4 Å². The summed E-state index contributed by atoms with van der Waals surface area (Å²) in [5, 5.41) is 2.66. The minimum atomic E-state index is -0.659. The largest absolute Gasteiger partial charge is 0.479 e. The summed E-state index contributed by atoms with van der Waals surface area (Å²) in [6.07, 6.45) is 4.10. The Morgan fingerprint density at radius 3 is 2.26 bits per heavy atom. The van der Waals surface area contributed by atoms with Gasteiger partial charge in [0.15, 0.2) is 6.10 Å². The molecule has 0 bridgehead atoms. The first-order valence-electron chi connectivity index (χ1n) is 10.9. The molecule has 0 aromatic heterocycles. The molecule has 8 heteroatoms. The van der Waals surface area contributed by atoms with Crippen molar-refractivity contribution in [3.8, 4) is 11.5 Å². The second kappa shape index (κ2) is 15.5.